The predicted molar refractivity (Wildman–Crippen MR) is 94.3 cm³/mol. The highest BCUT2D eigenvalue weighted by atomic mass is 32.1. The van der Waals surface area contributed by atoms with Crippen LogP contribution < -0.4 is 9.47 Å². The van der Waals surface area contributed by atoms with Gasteiger partial charge < -0.3 is 18.8 Å². The SMILES string of the molecule is C[C@@H]1CN(Cn2nc([C@@H]3COc4ccccc4O3)n(C)c2=S)CCO1. The highest BCUT2D eigenvalue weighted by Gasteiger charge is 2.27. The van der Waals surface area contributed by atoms with Gasteiger partial charge in [0, 0.05) is 20.1 Å². The number of morpholine rings is 1. The van der Waals surface area contributed by atoms with Crippen molar-refractivity contribution in [2.75, 3.05) is 26.3 Å². The molecule has 3 heterocycles. The monoisotopic (exact) mass is 362 g/mol. The van der Waals surface area contributed by atoms with Crippen LogP contribution in [-0.2, 0) is 18.5 Å². The molecule has 134 valence electrons. The van der Waals surface area contributed by atoms with Crippen LogP contribution in [0.4, 0.5) is 0 Å². The maximum atomic E-state index is 6.07. The quantitative estimate of drug-likeness (QED) is 0.780. The molecule has 1 aromatic heterocycles. The van der Waals surface area contributed by atoms with E-state index in [9.17, 15) is 0 Å². The average molecular weight is 362 g/mol. The molecule has 0 N–H and O–H groups in total. The molecule has 2 atom stereocenters. The molecular formula is C17H22N4O3S. The standard InChI is InChI=1S/C17H22N4O3S/c1-12-9-20(7-8-22-12)11-21-17(25)19(2)16(18-21)15-10-23-13-5-3-4-6-14(13)24-15/h3-6,12,15H,7-11H2,1-2H3/t12-,15+/m1/s1. The average Bonchev–Trinajstić information content (AvgIpc) is 2.90. The molecule has 25 heavy (non-hydrogen) atoms. The second-order valence-corrected chi connectivity index (χ2v) is 6.83. The molecule has 2 aromatic rings. The highest BCUT2D eigenvalue weighted by molar-refractivity contribution is 7.71. The van der Waals surface area contributed by atoms with Gasteiger partial charge in [-0.2, -0.15) is 5.10 Å². The fourth-order valence-corrected chi connectivity index (χ4v) is 3.42. The molecule has 0 unspecified atom stereocenters. The number of rotatable bonds is 3. The highest BCUT2D eigenvalue weighted by Crippen LogP contribution is 2.35. The van der Waals surface area contributed by atoms with Gasteiger partial charge in [-0.25, -0.2) is 4.68 Å². The molecule has 0 aliphatic carbocycles. The summed E-state index contributed by atoms with van der Waals surface area (Å²) in [6, 6.07) is 7.67. The normalized spacial score (nSPS) is 23.6. The molecule has 0 saturated carbocycles. The number of benzene rings is 1. The smallest absolute Gasteiger partial charge is 0.198 e. The number of hydrogen-bond acceptors (Lipinski definition) is 6. The van der Waals surface area contributed by atoms with Gasteiger partial charge in [0.15, 0.2) is 28.2 Å². The van der Waals surface area contributed by atoms with Crippen LogP contribution in [0, 0.1) is 4.77 Å². The third-order valence-electron chi connectivity index (χ3n) is 4.53. The molecular weight excluding hydrogens is 340 g/mol. The molecule has 0 spiro atoms. The zero-order chi connectivity index (χ0) is 17.4. The van der Waals surface area contributed by atoms with Gasteiger partial charge in [0.05, 0.1) is 19.4 Å². The Hall–Kier alpha value is -1.90. The second kappa shape index (κ2) is 6.78. The summed E-state index contributed by atoms with van der Waals surface area (Å²) in [5.41, 5.74) is 0. The van der Waals surface area contributed by atoms with Gasteiger partial charge in [-0.3, -0.25) is 4.90 Å². The molecule has 4 rings (SSSR count). The van der Waals surface area contributed by atoms with Crippen molar-refractivity contribution in [3.05, 3.63) is 34.9 Å². The number of fused-ring (bicyclic) bond motifs is 1. The van der Waals surface area contributed by atoms with E-state index in [1.165, 1.54) is 0 Å². The van der Waals surface area contributed by atoms with Gasteiger partial charge in [-0.15, -0.1) is 0 Å². The summed E-state index contributed by atoms with van der Waals surface area (Å²) in [7, 11) is 1.92. The third kappa shape index (κ3) is 3.29. The first-order valence-corrected chi connectivity index (χ1v) is 8.89. The van der Waals surface area contributed by atoms with Crippen LogP contribution in [0.15, 0.2) is 24.3 Å². The fraction of sp³-hybridized carbons (Fsp3) is 0.529. The van der Waals surface area contributed by atoms with Crippen molar-refractivity contribution in [3.8, 4) is 11.5 Å². The first-order chi connectivity index (χ1) is 12.1. The Morgan fingerprint density at radius 1 is 1.28 bits per heavy atom. The maximum Gasteiger partial charge on any atom is 0.198 e. The maximum absolute atomic E-state index is 6.07. The number of nitrogens with zero attached hydrogens (tertiary/aromatic N) is 4. The van der Waals surface area contributed by atoms with Crippen molar-refractivity contribution < 1.29 is 14.2 Å². The molecule has 0 radical (unpaired) electrons. The lowest BCUT2D eigenvalue weighted by Crippen LogP contribution is -2.42. The lowest BCUT2D eigenvalue weighted by atomic mass is 10.2. The van der Waals surface area contributed by atoms with E-state index in [-0.39, 0.29) is 12.2 Å². The van der Waals surface area contributed by atoms with Crippen LogP contribution in [-0.4, -0.2) is 51.7 Å². The Morgan fingerprint density at radius 3 is 2.88 bits per heavy atom. The molecule has 0 bridgehead atoms. The van der Waals surface area contributed by atoms with E-state index in [1.54, 1.807) is 0 Å². The van der Waals surface area contributed by atoms with Crippen LogP contribution >= 0.6 is 12.2 Å². The molecule has 2 aliphatic rings. The summed E-state index contributed by atoms with van der Waals surface area (Å²) in [4.78, 5) is 2.30. The topological polar surface area (TPSA) is 53.7 Å². The van der Waals surface area contributed by atoms with Gasteiger partial charge in [0.1, 0.15) is 6.61 Å². The summed E-state index contributed by atoms with van der Waals surface area (Å²) in [6.45, 7) is 5.67. The van der Waals surface area contributed by atoms with Gasteiger partial charge >= 0.3 is 0 Å². The van der Waals surface area contributed by atoms with E-state index in [0.717, 1.165) is 37.0 Å². The summed E-state index contributed by atoms with van der Waals surface area (Å²) >= 11 is 5.57. The van der Waals surface area contributed by atoms with Crippen molar-refractivity contribution in [2.24, 2.45) is 7.05 Å². The van der Waals surface area contributed by atoms with Crippen molar-refractivity contribution in [1.29, 1.82) is 0 Å². The molecule has 0 amide bonds. The minimum Gasteiger partial charge on any atom is -0.485 e. The Balaban J connectivity index is 1.54. The molecule has 2 aliphatic heterocycles. The van der Waals surface area contributed by atoms with Gasteiger partial charge in [-0.1, -0.05) is 12.1 Å². The summed E-state index contributed by atoms with van der Waals surface area (Å²) in [5, 5.41) is 4.71. The van der Waals surface area contributed by atoms with Crippen molar-refractivity contribution in [1.82, 2.24) is 19.2 Å². The Morgan fingerprint density at radius 2 is 2.08 bits per heavy atom. The Kier molecular flexibility index (Phi) is 4.49. The zero-order valence-electron chi connectivity index (χ0n) is 14.4. The number of aromatic nitrogens is 3. The van der Waals surface area contributed by atoms with Gasteiger partial charge in [-0.05, 0) is 31.3 Å². The summed E-state index contributed by atoms with van der Waals surface area (Å²) < 4.78 is 21.9. The summed E-state index contributed by atoms with van der Waals surface area (Å²) in [6.07, 6.45) is -0.0378. The minimum absolute atomic E-state index is 0.234. The number of hydrogen-bond donors (Lipinski definition) is 0. The van der Waals surface area contributed by atoms with E-state index < -0.39 is 0 Å². The molecule has 8 heteroatoms. The van der Waals surface area contributed by atoms with Crippen molar-refractivity contribution >= 4 is 12.2 Å². The number of para-hydroxylation sites is 2. The van der Waals surface area contributed by atoms with Crippen LogP contribution in [0.1, 0.15) is 18.9 Å². The molecule has 1 aromatic carbocycles. The van der Waals surface area contributed by atoms with E-state index >= 15 is 0 Å². The van der Waals surface area contributed by atoms with Gasteiger partial charge in [0.25, 0.3) is 0 Å². The van der Waals surface area contributed by atoms with Crippen molar-refractivity contribution in [2.45, 2.75) is 25.8 Å². The van der Waals surface area contributed by atoms with E-state index in [2.05, 4.69) is 11.8 Å². The zero-order valence-corrected chi connectivity index (χ0v) is 15.2. The summed E-state index contributed by atoms with van der Waals surface area (Å²) in [5.74, 6) is 2.28. The van der Waals surface area contributed by atoms with Crippen molar-refractivity contribution in [3.63, 3.8) is 0 Å². The van der Waals surface area contributed by atoms with E-state index in [0.29, 0.717) is 18.0 Å². The van der Waals surface area contributed by atoms with Gasteiger partial charge in [0.2, 0.25) is 0 Å². The lowest BCUT2D eigenvalue weighted by Gasteiger charge is -2.30. The Labute approximate surface area is 151 Å². The predicted octanol–water partition coefficient (Wildman–Crippen LogP) is 2.14. The third-order valence-corrected chi connectivity index (χ3v) is 5.01. The largest absolute Gasteiger partial charge is 0.485 e. The molecule has 7 nitrogen and oxygen atoms in total. The number of ether oxygens (including phenoxy) is 3. The molecule has 1 fully saturated rings. The molecule has 1 saturated heterocycles. The fourth-order valence-electron chi connectivity index (χ4n) is 3.23. The van der Waals surface area contributed by atoms with Crippen LogP contribution in [0.2, 0.25) is 0 Å². The van der Waals surface area contributed by atoms with E-state index in [4.69, 9.17) is 31.5 Å². The van der Waals surface area contributed by atoms with Crippen LogP contribution in [0.25, 0.3) is 0 Å². The minimum atomic E-state index is -0.272. The van der Waals surface area contributed by atoms with Crippen LogP contribution in [0.5, 0.6) is 11.5 Å². The van der Waals surface area contributed by atoms with Crippen LogP contribution in [0.3, 0.4) is 0 Å². The Bertz CT molecular complexity index is 818. The van der Waals surface area contributed by atoms with E-state index in [1.807, 2.05) is 40.6 Å². The first kappa shape index (κ1) is 16.6. The first-order valence-electron chi connectivity index (χ1n) is 8.48. The lowest BCUT2D eigenvalue weighted by molar-refractivity contribution is -0.0308. The second-order valence-electron chi connectivity index (χ2n) is 6.46.